The van der Waals surface area contributed by atoms with Crippen molar-refractivity contribution in [3.63, 3.8) is 0 Å². The van der Waals surface area contributed by atoms with Crippen molar-refractivity contribution in [3.8, 4) is 0 Å². The average Bonchev–Trinajstić information content (AvgIpc) is 2.83. The molecule has 0 saturated carbocycles. The lowest BCUT2D eigenvalue weighted by Gasteiger charge is -2.23. The van der Waals surface area contributed by atoms with Gasteiger partial charge in [0.1, 0.15) is 0 Å². The van der Waals surface area contributed by atoms with Crippen molar-refractivity contribution in [1.82, 2.24) is 10.1 Å². The average molecular weight is 254 g/mol. The minimum Gasteiger partial charge on any atom is -0.476 e. The van der Waals surface area contributed by atoms with Crippen molar-refractivity contribution < 1.29 is 14.4 Å². The second-order valence-corrected chi connectivity index (χ2v) is 4.49. The van der Waals surface area contributed by atoms with E-state index in [2.05, 4.69) is 30.8 Å². The van der Waals surface area contributed by atoms with Crippen LogP contribution in [0.3, 0.4) is 0 Å². The molecule has 0 aromatic carbocycles. The summed E-state index contributed by atoms with van der Waals surface area (Å²) in [4.78, 5) is 13.0. The molecule has 0 atom stereocenters. The molecule has 0 bridgehead atoms. The second kappa shape index (κ2) is 7.16. The van der Waals surface area contributed by atoms with Crippen LogP contribution in [-0.2, 0) is 6.54 Å². The number of carbonyl (C=O) groups is 1. The standard InChI is InChI=1S/C13H22N2O3/c1-4-10(5-2)8-15(6-3)9-11-7-12(13(16)17)14-18-11/h7,10H,4-6,8-9H2,1-3H3,(H,16,17). The second-order valence-electron chi connectivity index (χ2n) is 4.49. The maximum Gasteiger partial charge on any atom is 0.358 e. The van der Waals surface area contributed by atoms with Crippen molar-refractivity contribution in [2.24, 2.45) is 5.92 Å². The summed E-state index contributed by atoms with van der Waals surface area (Å²) in [5, 5.41) is 12.3. The summed E-state index contributed by atoms with van der Waals surface area (Å²) in [7, 11) is 0. The van der Waals surface area contributed by atoms with Crippen LogP contribution in [0.1, 0.15) is 49.9 Å². The van der Waals surface area contributed by atoms with Crippen molar-refractivity contribution in [3.05, 3.63) is 17.5 Å². The van der Waals surface area contributed by atoms with Gasteiger partial charge in [-0.15, -0.1) is 0 Å². The van der Waals surface area contributed by atoms with E-state index in [0.717, 1.165) is 25.9 Å². The third kappa shape index (κ3) is 4.14. The minimum absolute atomic E-state index is 0.0245. The first kappa shape index (κ1) is 14.7. The lowest BCUT2D eigenvalue weighted by atomic mass is 10.0. The predicted molar refractivity (Wildman–Crippen MR) is 68.5 cm³/mol. The fourth-order valence-corrected chi connectivity index (χ4v) is 1.93. The molecule has 0 spiro atoms. The number of hydrogen-bond acceptors (Lipinski definition) is 4. The summed E-state index contributed by atoms with van der Waals surface area (Å²) >= 11 is 0. The molecule has 0 radical (unpaired) electrons. The molecule has 0 aliphatic carbocycles. The van der Waals surface area contributed by atoms with Crippen LogP contribution in [0.2, 0.25) is 0 Å². The number of aromatic carboxylic acids is 1. The quantitative estimate of drug-likeness (QED) is 0.772. The maximum atomic E-state index is 10.7. The van der Waals surface area contributed by atoms with Gasteiger partial charge in [-0.2, -0.15) is 0 Å². The smallest absolute Gasteiger partial charge is 0.358 e. The van der Waals surface area contributed by atoms with Crippen LogP contribution < -0.4 is 0 Å². The molecule has 5 nitrogen and oxygen atoms in total. The van der Waals surface area contributed by atoms with Crippen LogP contribution in [0.25, 0.3) is 0 Å². The van der Waals surface area contributed by atoms with Crippen molar-refractivity contribution >= 4 is 5.97 Å². The molecule has 1 N–H and O–H groups in total. The zero-order chi connectivity index (χ0) is 13.5. The number of carboxylic acids is 1. The molecule has 0 aliphatic rings. The van der Waals surface area contributed by atoms with Crippen LogP contribution in [0.4, 0.5) is 0 Å². The summed E-state index contributed by atoms with van der Waals surface area (Å²) in [6.45, 7) is 9.02. The molecule has 102 valence electrons. The predicted octanol–water partition coefficient (Wildman–Crippen LogP) is 2.63. The lowest BCUT2D eigenvalue weighted by molar-refractivity contribution is 0.0685. The highest BCUT2D eigenvalue weighted by molar-refractivity contribution is 5.85. The third-order valence-corrected chi connectivity index (χ3v) is 3.28. The number of aromatic nitrogens is 1. The molecule has 1 rings (SSSR count). The molecular weight excluding hydrogens is 232 g/mol. The highest BCUT2D eigenvalue weighted by atomic mass is 16.5. The summed E-state index contributed by atoms with van der Waals surface area (Å²) < 4.78 is 5.03. The van der Waals surface area contributed by atoms with Gasteiger partial charge in [-0.25, -0.2) is 4.79 Å². The van der Waals surface area contributed by atoms with Crippen LogP contribution in [0.15, 0.2) is 10.6 Å². The van der Waals surface area contributed by atoms with Gasteiger partial charge < -0.3 is 9.63 Å². The molecule has 1 heterocycles. The van der Waals surface area contributed by atoms with Gasteiger partial charge in [-0.1, -0.05) is 38.8 Å². The number of hydrogen-bond donors (Lipinski definition) is 1. The van der Waals surface area contributed by atoms with Crippen LogP contribution in [0.5, 0.6) is 0 Å². The number of nitrogens with zero attached hydrogens (tertiary/aromatic N) is 2. The largest absolute Gasteiger partial charge is 0.476 e. The SMILES string of the molecule is CCC(CC)CN(CC)Cc1cc(C(=O)O)no1. The van der Waals surface area contributed by atoms with Gasteiger partial charge in [0.25, 0.3) is 0 Å². The van der Waals surface area contributed by atoms with E-state index in [-0.39, 0.29) is 5.69 Å². The number of rotatable bonds is 8. The van der Waals surface area contributed by atoms with Gasteiger partial charge in [0.05, 0.1) is 6.54 Å². The number of carboxylic acid groups (broad SMARTS) is 1. The molecule has 5 heteroatoms. The van der Waals surface area contributed by atoms with Gasteiger partial charge in [0.2, 0.25) is 0 Å². The zero-order valence-corrected chi connectivity index (χ0v) is 11.3. The lowest BCUT2D eigenvalue weighted by Crippen LogP contribution is -2.28. The van der Waals surface area contributed by atoms with E-state index in [1.807, 2.05) is 0 Å². The van der Waals surface area contributed by atoms with Crippen molar-refractivity contribution in [2.45, 2.75) is 40.2 Å². The topological polar surface area (TPSA) is 66.6 Å². The molecule has 0 amide bonds. The van der Waals surface area contributed by atoms with E-state index >= 15 is 0 Å². The first-order valence-electron chi connectivity index (χ1n) is 6.51. The first-order valence-corrected chi connectivity index (χ1v) is 6.51. The molecular formula is C13H22N2O3. The molecule has 1 aromatic heterocycles. The van der Waals surface area contributed by atoms with Crippen LogP contribution in [0, 0.1) is 5.92 Å². The molecule has 0 aliphatic heterocycles. The Balaban J connectivity index is 2.58. The Bertz CT molecular complexity index is 372. The molecule has 0 unspecified atom stereocenters. The Morgan fingerprint density at radius 1 is 1.44 bits per heavy atom. The van der Waals surface area contributed by atoms with E-state index in [1.165, 1.54) is 6.07 Å². The highest BCUT2D eigenvalue weighted by Gasteiger charge is 2.15. The van der Waals surface area contributed by atoms with E-state index in [0.29, 0.717) is 18.2 Å². The molecule has 0 saturated heterocycles. The van der Waals surface area contributed by atoms with E-state index in [1.54, 1.807) is 0 Å². The Labute approximate surface area is 108 Å². The summed E-state index contributed by atoms with van der Waals surface area (Å²) in [5.41, 5.74) is -0.0245. The monoisotopic (exact) mass is 254 g/mol. The Morgan fingerprint density at radius 3 is 2.56 bits per heavy atom. The summed E-state index contributed by atoms with van der Waals surface area (Å²) in [6.07, 6.45) is 2.31. The van der Waals surface area contributed by atoms with Gasteiger partial charge in [0.15, 0.2) is 11.5 Å². The normalized spacial score (nSPS) is 11.4. The third-order valence-electron chi connectivity index (χ3n) is 3.28. The Hall–Kier alpha value is -1.36. The van der Waals surface area contributed by atoms with Gasteiger partial charge >= 0.3 is 5.97 Å². The van der Waals surface area contributed by atoms with Gasteiger partial charge in [-0.05, 0) is 12.5 Å². The van der Waals surface area contributed by atoms with E-state index in [4.69, 9.17) is 9.63 Å². The van der Waals surface area contributed by atoms with E-state index < -0.39 is 5.97 Å². The first-order chi connectivity index (χ1) is 8.60. The summed E-state index contributed by atoms with van der Waals surface area (Å²) in [5.74, 6) is 0.236. The van der Waals surface area contributed by atoms with E-state index in [9.17, 15) is 4.79 Å². The van der Waals surface area contributed by atoms with Crippen LogP contribution in [-0.4, -0.2) is 34.2 Å². The van der Waals surface area contributed by atoms with Gasteiger partial charge in [-0.3, -0.25) is 4.90 Å². The molecule has 1 aromatic rings. The molecule has 0 fully saturated rings. The molecule has 18 heavy (non-hydrogen) atoms. The van der Waals surface area contributed by atoms with Crippen molar-refractivity contribution in [2.75, 3.05) is 13.1 Å². The fraction of sp³-hybridized carbons (Fsp3) is 0.692. The van der Waals surface area contributed by atoms with Crippen LogP contribution >= 0.6 is 0 Å². The Morgan fingerprint density at radius 2 is 2.11 bits per heavy atom. The minimum atomic E-state index is -1.05. The van der Waals surface area contributed by atoms with Crippen molar-refractivity contribution in [1.29, 1.82) is 0 Å². The maximum absolute atomic E-state index is 10.7. The van der Waals surface area contributed by atoms with Gasteiger partial charge in [0, 0.05) is 12.6 Å². The zero-order valence-electron chi connectivity index (χ0n) is 11.3. The summed E-state index contributed by atoms with van der Waals surface area (Å²) in [6, 6.07) is 1.50. The Kier molecular flexibility index (Phi) is 5.85. The highest BCUT2D eigenvalue weighted by Crippen LogP contribution is 2.13. The fourth-order valence-electron chi connectivity index (χ4n) is 1.93.